The van der Waals surface area contributed by atoms with Gasteiger partial charge in [0, 0.05) is 56.8 Å². The highest BCUT2D eigenvalue weighted by atomic mass is 32.2. The van der Waals surface area contributed by atoms with Crippen LogP contribution in [0.5, 0.6) is 0 Å². The molecule has 0 saturated carbocycles. The van der Waals surface area contributed by atoms with Gasteiger partial charge in [-0.1, -0.05) is 11.8 Å². The average molecular weight is 448 g/mol. The van der Waals surface area contributed by atoms with Crippen molar-refractivity contribution >= 4 is 34.6 Å². The highest BCUT2D eigenvalue weighted by Gasteiger charge is 2.39. The van der Waals surface area contributed by atoms with Gasteiger partial charge < -0.3 is 14.5 Å². The Morgan fingerprint density at radius 3 is 2.39 bits per heavy atom. The summed E-state index contributed by atoms with van der Waals surface area (Å²) in [7, 11) is 1.46. The summed E-state index contributed by atoms with van der Waals surface area (Å²) in [5, 5.41) is -0.883. The SMILES string of the molecule is Cc1nc(C2CCN(C(=O)CC3SC(=O)N(C)C3=O)CC2)nc(N2CCOCC2)c1C. The molecule has 1 aromatic heterocycles. The zero-order valence-corrected chi connectivity index (χ0v) is 19.1. The number of carbonyl (C=O) groups is 3. The van der Waals surface area contributed by atoms with Crippen LogP contribution in [0.4, 0.5) is 10.6 Å². The molecule has 3 amide bonds. The lowest BCUT2D eigenvalue weighted by atomic mass is 9.95. The van der Waals surface area contributed by atoms with E-state index < -0.39 is 5.25 Å². The summed E-state index contributed by atoms with van der Waals surface area (Å²) in [6, 6.07) is 0. The molecule has 3 aliphatic rings. The Labute approximate surface area is 186 Å². The van der Waals surface area contributed by atoms with Gasteiger partial charge in [-0.25, -0.2) is 9.97 Å². The van der Waals surface area contributed by atoms with E-state index in [0.717, 1.165) is 65.5 Å². The van der Waals surface area contributed by atoms with Crippen LogP contribution in [0, 0.1) is 13.8 Å². The van der Waals surface area contributed by atoms with E-state index in [2.05, 4.69) is 11.8 Å². The van der Waals surface area contributed by atoms with Crippen molar-refractivity contribution < 1.29 is 19.1 Å². The molecule has 3 aliphatic heterocycles. The van der Waals surface area contributed by atoms with E-state index in [1.807, 2.05) is 6.92 Å². The van der Waals surface area contributed by atoms with Crippen LogP contribution >= 0.6 is 11.8 Å². The maximum absolute atomic E-state index is 12.7. The summed E-state index contributed by atoms with van der Waals surface area (Å²) in [4.78, 5) is 51.3. The topological polar surface area (TPSA) is 95.9 Å². The number of aromatic nitrogens is 2. The molecule has 3 saturated heterocycles. The van der Waals surface area contributed by atoms with Gasteiger partial charge >= 0.3 is 0 Å². The molecule has 4 rings (SSSR count). The molecular weight excluding hydrogens is 418 g/mol. The van der Waals surface area contributed by atoms with Crippen molar-refractivity contribution in [3.63, 3.8) is 0 Å². The summed E-state index contributed by atoms with van der Waals surface area (Å²) in [5.41, 5.74) is 2.10. The molecule has 9 nitrogen and oxygen atoms in total. The van der Waals surface area contributed by atoms with Crippen molar-refractivity contribution in [1.82, 2.24) is 19.8 Å². The molecule has 1 aromatic rings. The summed E-state index contributed by atoms with van der Waals surface area (Å²) in [6.45, 7) is 8.40. The van der Waals surface area contributed by atoms with Crippen molar-refractivity contribution in [2.24, 2.45) is 0 Å². The van der Waals surface area contributed by atoms with Gasteiger partial charge in [0.2, 0.25) is 11.8 Å². The highest BCUT2D eigenvalue weighted by molar-refractivity contribution is 8.15. The van der Waals surface area contributed by atoms with Crippen molar-refractivity contribution in [3.8, 4) is 0 Å². The molecule has 0 spiro atoms. The second-order valence-corrected chi connectivity index (χ2v) is 9.50. The fourth-order valence-corrected chi connectivity index (χ4v) is 5.24. The second kappa shape index (κ2) is 9.12. The number of piperidine rings is 1. The molecule has 3 fully saturated rings. The molecule has 10 heteroatoms. The smallest absolute Gasteiger partial charge is 0.288 e. The minimum Gasteiger partial charge on any atom is -0.378 e. The van der Waals surface area contributed by atoms with Crippen LogP contribution in [0.2, 0.25) is 0 Å². The van der Waals surface area contributed by atoms with Crippen LogP contribution in [0.15, 0.2) is 0 Å². The Morgan fingerprint density at radius 2 is 1.77 bits per heavy atom. The van der Waals surface area contributed by atoms with E-state index in [-0.39, 0.29) is 29.4 Å². The van der Waals surface area contributed by atoms with Gasteiger partial charge in [0.15, 0.2) is 0 Å². The molecule has 0 radical (unpaired) electrons. The Hall–Kier alpha value is -2.20. The first-order valence-electron chi connectivity index (χ1n) is 10.8. The van der Waals surface area contributed by atoms with Crippen LogP contribution in [-0.2, 0) is 14.3 Å². The Balaban J connectivity index is 1.38. The summed E-state index contributed by atoms with van der Waals surface area (Å²) in [6.07, 6.45) is 1.66. The number of imide groups is 1. The fraction of sp³-hybridized carbons (Fsp3) is 0.667. The maximum atomic E-state index is 12.7. The minimum absolute atomic E-state index is 0.0672. The van der Waals surface area contributed by atoms with Gasteiger partial charge in [-0.05, 0) is 26.7 Å². The Bertz CT molecular complexity index is 881. The number of carbonyl (C=O) groups excluding carboxylic acids is 3. The largest absolute Gasteiger partial charge is 0.378 e. The number of rotatable bonds is 4. The summed E-state index contributed by atoms with van der Waals surface area (Å²) >= 11 is 0.946. The summed E-state index contributed by atoms with van der Waals surface area (Å²) < 4.78 is 5.47. The van der Waals surface area contributed by atoms with Crippen molar-refractivity contribution in [2.75, 3.05) is 51.3 Å². The molecule has 1 unspecified atom stereocenters. The van der Waals surface area contributed by atoms with Crippen molar-refractivity contribution in [1.29, 1.82) is 0 Å². The first-order chi connectivity index (χ1) is 14.8. The van der Waals surface area contributed by atoms with Gasteiger partial charge in [-0.2, -0.15) is 0 Å². The summed E-state index contributed by atoms with van der Waals surface area (Å²) in [5.74, 6) is 1.71. The first-order valence-corrected chi connectivity index (χ1v) is 11.7. The van der Waals surface area contributed by atoms with Gasteiger partial charge in [0.1, 0.15) is 16.9 Å². The van der Waals surface area contributed by atoms with Crippen LogP contribution in [0.1, 0.15) is 42.3 Å². The zero-order chi connectivity index (χ0) is 22.1. The highest BCUT2D eigenvalue weighted by Crippen LogP contribution is 2.32. The molecule has 0 aromatic carbocycles. The third kappa shape index (κ3) is 4.55. The number of ether oxygens (including phenoxy) is 1. The van der Waals surface area contributed by atoms with E-state index in [0.29, 0.717) is 26.3 Å². The number of aryl methyl sites for hydroxylation is 1. The van der Waals surface area contributed by atoms with Gasteiger partial charge in [-0.15, -0.1) is 0 Å². The lowest BCUT2D eigenvalue weighted by molar-refractivity contribution is -0.135. The minimum atomic E-state index is -0.595. The van der Waals surface area contributed by atoms with Gasteiger partial charge in [-0.3, -0.25) is 19.3 Å². The van der Waals surface area contributed by atoms with Crippen molar-refractivity contribution in [2.45, 2.75) is 44.3 Å². The zero-order valence-electron chi connectivity index (χ0n) is 18.3. The number of nitrogens with zero attached hydrogens (tertiary/aromatic N) is 5. The number of thioether (sulfide) groups is 1. The maximum Gasteiger partial charge on any atom is 0.288 e. The van der Waals surface area contributed by atoms with Crippen LogP contribution in [-0.4, -0.2) is 88.5 Å². The molecule has 4 heterocycles. The molecule has 168 valence electrons. The number of amides is 3. The van der Waals surface area contributed by atoms with Crippen LogP contribution in [0.25, 0.3) is 0 Å². The predicted octanol–water partition coefficient (Wildman–Crippen LogP) is 1.72. The van der Waals surface area contributed by atoms with Crippen LogP contribution in [0.3, 0.4) is 0 Å². The fourth-order valence-electron chi connectivity index (χ4n) is 4.26. The van der Waals surface area contributed by atoms with E-state index in [1.165, 1.54) is 7.05 Å². The second-order valence-electron chi connectivity index (χ2n) is 8.34. The van der Waals surface area contributed by atoms with E-state index in [9.17, 15) is 14.4 Å². The number of morpholine rings is 1. The average Bonchev–Trinajstić information content (AvgIpc) is 3.02. The number of likely N-dealkylation sites (tertiary alicyclic amines) is 1. The quantitative estimate of drug-likeness (QED) is 0.689. The van der Waals surface area contributed by atoms with E-state index in [1.54, 1.807) is 4.90 Å². The van der Waals surface area contributed by atoms with Crippen LogP contribution < -0.4 is 4.90 Å². The third-order valence-corrected chi connectivity index (χ3v) is 7.52. The Morgan fingerprint density at radius 1 is 1.10 bits per heavy atom. The molecule has 0 bridgehead atoms. The number of hydrogen-bond acceptors (Lipinski definition) is 8. The van der Waals surface area contributed by atoms with Crippen molar-refractivity contribution in [3.05, 3.63) is 17.1 Å². The molecule has 31 heavy (non-hydrogen) atoms. The van der Waals surface area contributed by atoms with Gasteiger partial charge in [0.05, 0.1) is 13.2 Å². The first kappa shape index (κ1) is 22.0. The number of anilines is 1. The third-order valence-electron chi connectivity index (χ3n) is 6.39. The molecule has 0 N–H and O–H groups in total. The lowest BCUT2D eigenvalue weighted by Crippen LogP contribution is -2.40. The van der Waals surface area contributed by atoms with Gasteiger partial charge in [0.25, 0.3) is 5.24 Å². The molecule has 1 atom stereocenters. The lowest BCUT2D eigenvalue weighted by Gasteiger charge is -2.33. The standard InChI is InChI=1S/C21H29N5O4S/c1-13-14(2)22-18(23-19(13)26-8-10-30-11-9-26)15-4-6-25(7-5-15)17(27)12-16-20(28)24(3)21(29)31-16/h15-16H,4-12H2,1-3H3. The molecule has 0 aliphatic carbocycles. The normalized spacial score (nSPS) is 23.1. The molecular formula is C21H29N5O4S. The predicted molar refractivity (Wildman–Crippen MR) is 117 cm³/mol. The monoisotopic (exact) mass is 447 g/mol. The van der Waals surface area contributed by atoms with E-state index >= 15 is 0 Å². The number of hydrogen-bond donors (Lipinski definition) is 0. The van der Waals surface area contributed by atoms with E-state index in [4.69, 9.17) is 14.7 Å². The Kier molecular flexibility index (Phi) is 6.47.